The minimum Gasteiger partial charge on any atom is -0.467 e. The minimum atomic E-state index is -3.61. The maximum atomic E-state index is 12.2. The Kier molecular flexibility index (Phi) is 6.17. The van der Waals surface area contributed by atoms with Crippen LogP contribution >= 0.6 is 0 Å². The number of hydrogen-bond donors (Lipinski definition) is 2. The molecule has 1 unspecified atom stereocenters. The molecule has 7 heteroatoms. The molecule has 0 amide bonds. The van der Waals surface area contributed by atoms with Crippen molar-refractivity contribution in [2.24, 2.45) is 5.92 Å². The summed E-state index contributed by atoms with van der Waals surface area (Å²) in [4.78, 5) is 11.9. The summed E-state index contributed by atoms with van der Waals surface area (Å²) in [5.41, 5.74) is 0.377. The molecule has 0 aromatic heterocycles. The fourth-order valence-corrected chi connectivity index (χ4v) is 3.09. The molecular formula is C14H22N2O4S. The van der Waals surface area contributed by atoms with Crippen LogP contribution in [0.15, 0.2) is 29.2 Å². The van der Waals surface area contributed by atoms with E-state index in [1.807, 2.05) is 13.8 Å². The van der Waals surface area contributed by atoms with E-state index in [-0.39, 0.29) is 10.8 Å². The number of methoxy groups -OCH3 is 1. The third kappa shape index (κ3) is 4.44. The van der Waals surface area contributed by atoms with Crippen molar-refractivity contribution in [3.8, 4) is 0 Å². The highest BCUT2D eigenvalue weighted by Gasteiger charge is 2.25. The Morgan fingerprint density at radius 2 is 1.90 bits per heavy atom. The summed E-state index contributed by atoms with van der Waals surface area (Å²) in [6.45, 7) is 5.71. The molecule has 21 heavy (non-hydrogen) atoms. The molecule has 0 saturated carbocycles. The fourth-order valence-electron chi connectivity index (χ4n) is 1.88. The van der Waals surface area contributed by atoms with Crippen LogP contribution in [0.1, 0.15) is 20.8 Å². The Morgan fingerprint density at radius 1 is 1.29 bits per heavy atom. The third-order valence-corrected chi connectivity index (χ3v) is 4.55. The van der Waals surface area contributed by atoms with Crippen LogP contribution in [0.3, 0.4) is 0 Å². The van der Waals surface area contributed by atoms with Gasteiger partial charge in [-0.3, -0.25) is 0 Å². The van der Waals surface area contributed by atoms with E-state index in [2.05, 4.69) is 10.0 Å². The van der Waals surface area contributed by atoms with Gasteiger partial charge in [-0.2, -0.15) is 0 Å². The van der Waals surface area contributed by atoms with E-state index < -0.39 is 22.0 Å². The molecule has 0 aliphatic heterocycles. The molecule has 0 bridgehead atoms. The van der Waals surface area contributed by atoms with Crippen LogP contribution in [0.5, 0.6) is 0 Å². The van der Waals surface area contributed by atoms with Crippen LogP contribution in [0.25, 0.3) is 0 Å². The largest absolute Gasteiger partial charge is 0.467 e. The van der Waals surface area contributed by atoms with Gasteiger partial charge in [0.2, 0.25) is 10.0 Å². The Hall–Kier alpha value is -1.60. The summed E-state index contributed by atoms with van der Waals surface area (Å²) in [6, 6.07) is 5.85. The number of carbonyl (C=O) groups excluding carboxylic acids is 1. The molecule has 0 aliphatic rings. The molecule has 1 atom stereocenters. The van der Waals surface area contributed by atoms with Crippen LogP contribution in [0, 0.1) is 5.92 Å². The van der Waals surface area contributed by atoms with E-state index in [0.717, 1.165) is 0 Å². The average Bonchev–Trinajstić information content (AvgIpc) is 2.44. The van der Waals surface area contributed by atoms with Gasteiger partial charge in [0.15, 0.2) is 0 Å². The first-order chi connectivity index (χ1) is 9.83. The van der Waals surface area contributed by atoms with Crippen molar-refractivity contribution in [3.63, 3.8) is 0 Å². The van der Waals surface area contributed by atoms with Gasteiger partial charge in [0.25, 0.3) is 0 Å². The zero-order valence-electron chi connectivity index (χ0n) is 12.7. The fraction of sp³-hybridized carbons (Fsp3) is 0.500. The van der Waals surface area contributed by atoms with Crippen molar-refractivity contribution in [2.45, 2.75) is 31.7 Å². The molecule has 0 spiro atoms. The van der Waals surface area contributed by atoms with Crippen molar-refractivity contribution in [2.75, 3.05) is 19.0 Å². The third-order valence-electron chi connectivity index (χ3n) is 2.94. The first-order valence-corrected chi connectivity index (χ1v) is 8.24. The van der Waals surface area contributed by atoms with Crippen molar-refractivity contribution >= 4 is 21.7 Å². The number of benzene rings is 1. The van der Waals surface area contributed by atoms with Crippen LogP contribution in [0.2, 0.25) is 0 Å². The Bertz CT molecular complexity index is 584. The van der Waals surface area contributed by atoms with Crippen LogP contribution in [-0.4, -0.2) is 34.1 Å². The topological polar surface area (TPSA) is 84.5 Å². The molecule has 118 valence electrons. The van der Waals surface area contributed by atoms with Gasteiger partial charge in [0.1, 0.15) is 10.9 Å². The summed E-state index contributed by atoms with van der Waals surface area (Å²) in [6.07, 6.45) is 0. The zero-order chi connectivity index (χ0) is 16.0. The van der Waals surface area contributed by atoms with Gasteiger partial charge in [-0.05, 0) is 18.1 Å². The van der Waals surface area contributed by atoms with Gasteiger partial charge in [0, 0.05) is 6.54 Å². The van der Waals surface area contributed by atoms with Gasteiger partial charge >= 0.3 is 5.97 Å². The monoisotopic (exact) mass is 314 g/mol. The normalized spacial score (nSPS) is 13.0. The Balaban J connectivity index is 3.17. The minimum absolute atomic E-state index is 0.0488. The Labute approximate surface area is 125 Å². The number of para-hydroxylation sites is 1. The van der Waals surface area contributed by atoms with E-state index >= 15 is 0 Å². The second kappa shape index (κ2) is 7.42. The van der Waals surface area contributed by atoms with E-state index in [0.29, 0.717) is 12.2 Å². The number of anilines is 1. The molecule has 1 aromatic rings. The standard InChI is InChI=1S/C14H22N2O4S/c1-5-15-21(18,19)12-9-7-6-8-11(12)16-13(10(2)3)14(17)20-4/h6-10,13,15-16H,5H2,1-4H3. The van der Waals surface area contributed by atoms with E-state index in [4.69, 9.17) is 4.74 Å². The van der Waals surface area contributed by atoms with Crippen molar-refractivity contribution in [1.29, 1.82) is 0 Å². The van der Waals surface area contributed by atoms with E-state index in [1.54, 1.807) is 25.1 Å². The number of nitrogens with one attached hydrogen (secondary N) is 2. The van der Waals surface area contributed by atoms with Crippen LogP contribution in [-0.2, 0) is 19.6 Å². The summed E-state index contributed by atoms with van der Waals surface area (Å²) in [5.74, 6) is -0.479. The van der Waals surface area contributed by atoms with Gasteiger partial charge in [-0.25, -0.2) is 17.9 Å². The number of rotatable bonds is 7. The number of hydrogen-bond acceptors (Lipinski definition) is 5. The highest BCUT2D eigenvalue weighted by Crippen LogP contribution is 2.23. The second-order valence-corrected chi connectivity index (χ2v) is 6.62. The molecule has 1 rings (SSSR count). The quantitative estimate of drug-likeness (QED) is 0.747. The lowest BCUT2D eigenvalue weighted by molar-refractivity contribution is -0.142. The number of ether oxygens (including phenoxy) is 1. The van der Waals surface area contributed by atoms with Gasteiger partial charge in [-0.15, -0.1) is 0 Å². The van der Waals surface area contributed by atoms with Gasteiger partial charge < -0.3 is 10.1 Å². The molecule has 1 aromatic carbocycles. The number of esters is 1. The lowest BCUT2D eigenvalue weighted by Gasteiger charge is -2.22. The molecule has 0 heterocycles. The molecule has 0 fully saturated rings. The Morgan fingerprint density at radius 3 is 2.43 bits per heavy atom. The molecule has 0 aliphatic carbocycles. The van der Waals surface area contributed by atoms with Gasteiger partial charge in [0.05, 0.1) is 12.8 Å². The predicted molar refractivity (Wildman–Crippen MR) is 81.6 cm³/mol. The van der Waals surface area contributed by atoms with Crippen molar-refractivity contribution in [3.05, 3.63) is 24.3 Å². The first kappa shape index (κ1) is 17.5. The van der Waals surface area contributed by atoms with E-state index in [9.17, 15) is 13.2 Å². The highest BCUT2D eigenvalue weighted by molar-refractivity contribution is 7.89. The highest BCUT2D eigenvalue weighted by atomic mass is 32.2. The zero-order valence-corrected chi connectivity index (χ0v) is 13.5. The molecule has 6 nitrogen and oxygen atoms in total. The molecule has 2 N–H and O–H groups in total. The van der Waals surface area contributed by atoms with Crippen molar-refractivity contribution in [1.82, 2.24) is 4.72 Å². The maximum absolute atomic E-state index is 12.2. The molecular weight excluding hydrogens is 292 g/mol. The first-order valence-electron chi connectivity index (χ1n) is 6.76. The summed E-state index contributed by atoms with van der Waals surface area (Å²) < 4.78 is 31.5. The summed E-state index contributed by atoms with van der Waals surface area (Å²) >= 11 is 0. The van der Waals surface area contributed by atoms with E-state index in [1.165, 1.54) is 13.2 Å². The summed E-state index contributed by atoms with van der Waals surface area (Å²) in [7, 11) is -2.30. The SMILES string of the molecule is CCNS(=O)(=O)c1ccccc1NC(C(=O)OC)C(C)C. The second-order valence-electron chi connectivity index (χ2n) is 4.89. The van der Waals surface area contributed by atoms with Crippen LogP contribution < -0.4 is 10.0 Å². The number of sulfonamides is 1. The smallest absolute Gasteiger partial charge is 0.328 e. The van der Waals surface area contributed by atoms with Crippen LogP contribution in [0.4, 0.5) is 5.69 Å². The lowest BCUT2D eigenvalue weighted by Crippen LogP contribution is -2.36. The lowest BCUT2D eigenvalue weighted by atomic mass is 10.0. The number of carbonyl (C=O) groups is 1. The molecule has 0 radical (unpaired) electrons. The predicted octanol–water partition coefficient (Wildman–Crippen LogP) is 1.59. The van der Waals surface area contributed by atoms with Crippen molar-refractivity contribution < 1.29 is 17.9 Å². The maximum Gasteiger partial charge on any atom is 0.328 e. The van der Waals surface area contributed by atoms with Gasteiger partial charge in [-0.1, -0.05) is 32.9 Å². The summed E-state index contributed by atoms with van der Waals surface area (Å²) in [5, 5.41) is 2.97. The molecule has 0 saturated heterocycles. The average molecular weight is 314 g/mol.